The maximum Gasteiger partial charge on any atom is 0.134 e. The molecule has 1 fully saturated rings. The quantitative estimate of drug-likeness (QED) is 0.857. The summed E-state index contributed by atoms with van der Waals surface area (Å²) < 4.78 is 5.39. The van der Waals surface area contributed by atoms with Crippen LogP contribution in [-0.4, -0.2) is 36.3 Å². The first-order valence-corrected chi connectivity index (χ1v) is 6.46. The number of nitrogens with one attached hydrogen (secondary N) is 2. The van der Waals surface area contributed by atoms with Crippen molar-refractivity contribution in [2.45, 2.75) is 45.3 Å². The van der Waals surface area contributed by atoms with E-state index in [-0.39, 0.29) is 0 Å². The van der Waals surface area contributed by atoms with E-state index in [1.165, 1.54) is 0 Å². The lowest BCUT2D eigenvalue weighted by Gasteiger charge is -2.17. The van der Waals surface area contributed by atoms with Crippen LogP contribution >= 0.6 is 0 Å². The first-order valence-electron chi connectivity index (χ1n) is 6.46. The molecule has 1 heterocycles. The third-order valence-corrected chi connectivity index (χ3v) is 3.55. The molecule has 1 aliphatic carbocycles. The van der Waals surface area contributed by atoms with E-state index in [2.05, 4.69) is 20.6 Å². The van der Waals surface area contributed by atoms with Crippen molar-refractivity contribution in [2.24, 2.45) is 0 Å². The Morgan fingerprint density at radius 2 is 1.89 bits per heavy atom. The van der Waals surface area contributed by atoms with E-state index in [0.717, 1.165) is 42.3 Å². The van der Waals surface area contributed by atoms with Crippen LogP contribution in [0.4, 0.5) is 11.6 Å². The second-order valence-electron chi connectivity index (χ2n) is 4.86. The van der Waals surface area contributed by atoms with E-state index in [4.69, 9.17) is 4.74 Å². The first kappa shape index (κ1) is 13.1. The number of aromatic nitrogens is 2. The highest BCUT2D eigenvalue weighted by molar-refractivity contribution is 5.57. The van der Waals surface area contributed by atoms with Crippen molar-refractivity contribution in [2.75, 3.05) is 24.8 Å². The van der Waals surface area contributed by atoms with Gasteiger partial charge in [0.05, 0.1) is 6.10 Å². The average molecular weight is 250 g/mol. The van der Waals surface area contributed by atoms with Crippen molar-refractivity contribution >= 4 is 11.6 Å². The van der Waals surface area contributed by atoms with Gasteiger partial charge in [0.2, 0.25) is 0 Å². The van der Waals surface area contributed by atoms with Crippen LogP contribution in [0.15, 0.2) is 0 Å². The highest BCUT2D eigenvalue weighted by Gasteiger charge is 2.25. The minimum atomic E-state index is 0.384. The molecule has 0 saturated heterocycles. The molecule has 2 atom stereocenters. The molecule has 0 radical (unpaired) electrons. The zero-order chi connectivity index (χ0) is 13.1. The summed E-state index contributed by atoms with van der Waals surface area (Å²) in [5, 5.41) is 6.62. The van der Waals surface area contributed by atoms with Gasteiger partial charge in [0.25, 0.3) is 0 Å². The van der Waals surface area contributed by atoms with Crippen molar-refractivity contribution < 1.29 is 4.74 Å². The summed E-state index contributed by atoms with van der Waals surface area (Å²) >= 11 is 0. The van der Waals surface area contributed by atoms with Crippen LogP contribution in [0.5, 0.6) is 0 Å². The molecule has 1 aromatic rings. The van der Waals surface area contributed by atoms with Gasteiger partial charge >= 0.3 is 0 Å². The molecule has 0 amide bonds. The van der Waals surface area contributed by atoms with Gasteiger partial charge in [-0.3, -0.25) is 0 Å². The molecule has 5 heteroatoms. The van der Waals surface area contributed by atoms with Gasteiger partial charge < -0.3 is 15.4 Å². The summed E-state index contributed by atoms with van der Waals surface area (Å²) in [6.45, 7) is 3.95. The summed E-state index contributed by atoms with van der Waals surface area (Å²) in [5.74, 6) is 2.62. The number of methoxy groups -OCH3 is 1. The predicted octanol–water partition coefficient (Wildman–Crippen LogP) is 2.11. The maximum atomic E-state index is 5.39. The second-order valence-corrected chi connectivity index (χ2v) is 4.86. The Kier molecular flexibility index (Phi) is 4.01. The van der Waals surface area contributed by atoms with Crippen molar-refractivity contribution in [3.05, 3.63) is 11.4 Å². The maximum absolute atomic E-state index is 5.39. The SMILES string of the molecule is CNc1nc(C)nc(NC2CCC(OC)C2)c1C. The van der Waals surface area contributed by atoms with E-state index in [1.54, 1.807) is 7.11 Å². The third-order valence-electron chi connectivity index (χ3n) is 3.55. The Hall–Kier alpha value is -1.36. The first-order chi connectivity index (χ1) is 8.63. The molecule has 0 bridgehead atoms. The monoisotopic (exact) mass is 250 g/mol. The second kappa shape index (κ2) is 5.52. The molecular weight excluding hydrogens is 228 g/mol. The van der Waals surface area contributed by atoms with Crippen molar-refractivity contribution in [1.29, 1.82) is 0 Å². The lowest BCUT2D eigenvalue weighted by atomic mass is 10.2. The van der Waals surface area contributed by atoms with Gasteiger partial charge in [0, 0.05) is 25.8 Å². The molecule has 1 aliphatic rings. The van der Waals surface area contributed by atoms with Gasteiger partial charge in [-0.05, 0) is 33.1 Å². The van der Waals surface area contributed by atoms with E-state index >= 15 is 0 Å². The molecule has 5 nitrogen and oxygen atoms in total. The van der Waals surface area contributed by atoms with Crippen LogP contribution in [0.1, 0.15) is 30.7 Å². The minimum absolute atomic E-state index is 0.384. The molecule has 2 N–H and O–H groups in total. The normalized spacial score (nSPS) is 23.1. The Labute approximate surface area is 108 Å². The van der Waals surface area contributed by atoms with E-state index in [1.807, 2.05) is 20.9 Å². The number of rotatable bonds is 4. The molecule has 100 valence electrons. The van der Waals surface area contributed by atoms with Crippen LogP contribution in [0.25, 0.3) is 0 Å². The Morgan fingerprint density at radius 3 is 2.50 bits per heavy atom. The summed E-state index contributed by atoms with van der Waals surface area (Å²) in [6, 6.07) is 0.452. The van der Waals surface area contributed by atoms with Crippen LogP contribution in [0.3, 0.4) is 0 Å². The number of anilines is 2. The smallest absolute Gasteiger partial charge is 0.134 e. The molecule has 0 aromatic carbocycles. The van der Waals surface area contributed by atoms with Gasteiger partial charge in [-0.1, -0.05) is 0 Å². The minimum Gasteiger partial charge on any atom is -0.381 e. The zero-order valence-corrected chi connectivity index (χ0v) is 11.6. The van der Waals surface area contributed by atoms with Crippen molar-refractivity contribution in [3.8, 4) is 0 Å². The molecule has 1 saturated carbocycles. The van der Waals surface area contributed by atoms with Crippen LogP contribution < -0.4 is 10.6 Å². The van der Waals surface area contributed by atoms with Gasteiger partial charge in [0.1, 0.15) is 17.5 Å². The van der Waals surface area contributed by atoms with E-state index in [9.17, 15) is 0 Å². The lowest BCUT2D eigenvalue weighted by Crippen LogP contribution is -2.19. The van der Waals surface area contributed by atoms with Gasteiger partial charge in [-0.25, -0.2) is 9.97 Å². The summed E-state index contributed by atoms with van der Waals surface area (Å²) in [6.07, 6.45) is 3.69. The van der Waals surface area contributed by atoms with Crippen LogP contribution in [-0.2, 0) is 4.74 Å². The number of ether oxygens (including phenoxy) is 1. The summed E-state index contributed by atoms with van der Waals surface area (Å²) in [7, 11) is 3.67. The van der Waals surface area contributed by atoms with Crippen molar-refractivity contribution in [3.63, 3.8) is 0 Å². The van der Waals surface area contributed by atoms with Crippen molar-refractivity contribution in [1.82, 2.24) is 9.97 Å². The molecule has 0 aliphatic heterocycles. The Balaban J connectivity index is 2.12. The number of aryl methyl sites for hydroxylation is 1. The standard InChI is InChI=1S/C13H22N4O/c1-8-12(14-3)15-9(2)16-13(8)17-10-5-6-11(7-10)18-4/h10-11H,5-7H2,1-4H3,(H2,14,15,16,17). The topological polar surface area (TPSA) is 59.1 Å². The molecule has 18 heavy (non-hydrogen) atoms. The molecular formula is C13H22N4O. The lowest BCUT2D eigenvalue weighted by molar-refractivity contribution is 0.108. The molecule has 2 unspecified atom stereocenters. The van der Waals surface area contributed by atoms with Gasteiger partial charge in [-0.2, -0.15) is 0 Å². The van der Waals surface area contributed by atoms with E-state index in [0.29, 0.717) is 12.1 Å². The Bertz CT molecular complexity index is 422. The number of hydrogen-bond acceptors (Lipinski definition) is 5. The average Bonchev–Trinajstić information content (AvgIpc) is 2.81. The van der Waals surface area contributed by atoms with Crippen LogP contribution in [0, 0.1) is 13.8 Å². The highest BCUT2D eigenvalue weighted by Crippen LogP contribution is 2.27. The molecule has 1 aromatic heterocycles. The predicted molar refractivity (Wildman–Crippen MR) is 73.1 cm³/mol. The highest BCUT2D eigenvalue weighted by atomic mass is 16.5. The molecule has 2 rings (SSSR count). The third kappa shape index (κ3) is 2.72. The number of hydrogen-bond donors (Lipinski definition) is 2. The van der Waals surface area contributed by atoms with E-state index < -0.39 is 0 Å². The summed E-state index contributed by atoms with van der Waals surface area (Å²) in [5.41, 5.74) is 1.07. The number of nitrogens with zero attached hydrogens (tertiary/aromatic N) is 2. The fourth-order valence-corrected chi connectivity index (χ4v) is 2.49. The Morgan fingerprint density at radius 1 is 1.17 bits per heavy atom. The van der Waals surface area contributed by atoms with Gasteiger partial charge in [-0.15, -0.1) is 0 Å². The summed E-state index contributed by atoms with van der Waals surface area (Å²) in [4.78, 5) is 8.86. The molecule has 0 spiro atoms. The fraction of sp³-hybridized carbons (Fsp3) is 0.692. The largest absolute Gasteiger partial charge is 0.381 e. The zero-order valence-electron chi connectivity index (χ0n) is 11.6. The van der Waals surface area contributed by atoms with Gasteiger partial charge in [0.15, 0.2) is 0 Å². The fourth-order valence-electron chi connectivity index (χ4n) is 2.49. The van der Waals surface area contributed by atoms with Crippen LogP contribution in [0.2, 0.25) is 0 Å².